The minimum atomic E-state index is -0.710. The SMILES string of the molecule is COC(=O)[C@H]1[C@@H](O)CCCN1Cc1ccc(F)c(C)c1. The number of hydrogen-bond acceptors (Lipinski definition) is 4. The molecule has 1 aromatic carbocycles. The molecule has 0 bridgehead atoms. The van der Waals surface area contributed by atoms with Gasteiger partial charge in [-0.1, -0.05) is 12.1 Å². The number of ether oxygens (including phenoxy) is 1. The largest absolute Gasteiger partial charge is 0.468 e. The highest BCUT2D eigenvalue weighted by Gasteiger charge is 2.36. The van der Waals surface area contributed by atoms with E-state index in [0.29, 0.717) is 25.1 Å². The number of aryl methyl sites for hydroxylation is 1. The van der Waals surface area contributed by atoms with Gasteiger partial charge in [0.1, 0.15) is 11.9 Å². The molecule has 0 unspecified atom stereocenters. The summed E-state index contributed by atoms with van der Waals surface area (Å²) in [6, 6.07) is 4.26. The number of carbonyl (C=O) groups is 1. The van der Waals surface area contributed by atoms with Crippen LogP contribution >= 0.6 is 0 Å². The predicted molar refractivity (Wildman–Crippen MR) is 72.6 cm³/mol. The third-order valence-corrected chi connectivity index (χ3v) is 3.75. The zero-order valence-corrected chi connectivity index (χ0v) is 11.8. The molecular weight excluding hydrogens is 261 g/mol. The summed E-state index contributed by atoms with van der Waals surface area (Å²) >= 11 is 0. The van der Waals surface area contributed by atoms with Crippen LogP contribution in [0.3, 0.4) is 0 Å². The van der Waals surface area contributed by atoms with E-state index >= 15 is 0 Å². The molecule has 5 heteroatoms. The van der Waals surface area contributed by atoms with Gasteiger partial charge in [0.15, 0.2) is 0 Å². The molecule has 0 amide bonds. The topological polar surface area (TPSA) is 49.8 Å². The number of piperidine rings is 1. The Morgan fingerprint density at radius 1 is 1.55 bits per heavy atom. The summed E-state index contributed by atoms with van der Waals surface area (Å²) < 4.78 is 18.0. The van der Waals surface area contributed by atoms with E-state index in [1.165, 1.54) is 13.2 Å². The van der Waals surface area contributed by atoms with Crippen molar-refractivity contribution in [2.24, 2.45) is 0 Å². The van der Waals surface area contributed by atoms with Gasteiger partial charge in [-0.15, -0.1) is 0 Å². The van der Waals surface area contributed by atoms with Crippen molar-refractivity contribution in [2.75, 3.05) is 13.7 Å². The lowest BCUT2D eigenvalue weighted by molar-refractivity contribution is -0.154. The van der Waals surface area contributed by atoms with E-state index in [2.05, 4.69) is 0 Å². The third kappa shape index (κ3) is 3.16. The van der Waals surface area contributed by atoms with Gasteiger partial charge in [0.2, 0.25) is 0 Å². The number of rotatable bonds is 3. The van der Waals surface area contributed by atoms with Crippen LogP contribution in [0.2, 0.25) is 0 Å². The molecule has 1 heterocycles. The van der Waals surface area contributed by atoms with Crippen molar-refractivity contribution < 1.29 is 19.0 Å². The first kappa shape index (κ1) is 14.9. The molecule has 0 aromatic heterocycles. The molecule has 1 aromatic rings. The van der Waals surface area contributed by atoms with Crippen LogP contribution in [0.15, 0.2) is 18.2 Å². The van der Waals surface area contributed by atoms with E-state index in [1.807, 2.05) is 4.90 Å². The monoisotopic (exact) mass is 281 g/mol. The van der Waals surface area contributed by atoms with E-state index < -0.39 is 18.1 Å². The number of likely N-dealkylation sites (tertiary alicyclic amines) is 1. The van der Waals surface area contributed by atoms with Crippen LogP contribution in [0.1, 0.15) is 24.0 Å². The average Bonchev–Trinajstić information content (AvgIpc) is 2.42. The molecule has 110 valence electrons. The van der Waals surface area contributed by atoms with Crippen molar-refractivity contribution in [2.45, 2.75) is 38.5 Å². The molecule has 0 spiro atoms. The van der Waals surface area contributed by atoms with Crippen molar-refractivity contribution in [3.05, 3.63) is 35.1 Å². The van der Waals surface area contributed by atoms with Gasteiger partial charge in [0.25, 0.3) is 0 Å². The summed E-state index contributed by atoms with van der Waals surface area (Å²) in [5, 5.41) is 10.0. The highest BCUT2D eigenvalue weighted by atomic mass is 19.1. The number of carbonyl (C=O) groups excluding carboxylic acids is 1. The lowest BCUT2D eigenvalue weighted by Gasteiger charge is -2.37. The Kier molecular flexibility index (Phi) is 4.73. The lowest BCUT2D eigenvalue weighted by atomic mass is 9.98. The molecule has 4 nitrogen and oxygen atoms in total. The summed E-state index contributed by atoms with van der Waals surface area (Å²) in [7, 11) is 1.32. The van der Waals surface area contributed by atoms with Crippen molar-refractivity contribution in [1.82, 2.24) is 4.90 Å². The van der Waals surface area contributed by atoms with Crippen LogP contribution in [-0.4, -0.2) is 41.8 Å². The fraction of sp³-hybridized carbons (Fsp3) is 0.533. The standard InChI is InChI=1S/C15H20FNO3/c1-10-8-11(5-6-12(10)16)9-17-7-3-4-13(18)14(17)15(19)20-2/h5-6,8,13-14,18H,3-4,7,9H2,1-2H3/t13-,14+/m0/s1. The van der Waals surface area contributed by atoms with E-state index in [1.54, 1.807) is 19.1 Å². The van der Waals surface area contributed by atoms with Gasteiger partial charge in [0.05, 0.1) is 13.2 Å². The zero-order valence-electron chi connectivity index (χ0n) is 11.8. The number of esters is 1. The zero-order chi connectivity index (χ0) is 14.7. The number of halogens is 1. The molecule has 2 rings (SSSR count). The van der Waals surface area contributed by atoms with Crippen LogP contribution in [0, 0.1) is 12.7 Å². The smallest absolute Gasteiger partial charge is 0.325 e. The minimum absolute atomic E-state index is 0.239. The molecule has 0 aliphatic carbocycles. The third-order valence-electron chi connectivity index (χ3n) is 3.75. The van der Waals surface area contributed by atoms with E-state index in [0.717, 1.165) is 12.0 Å². The quantitative estimate of drug-likeness (QED) is 0.856. The Balaban J connectivity index is 2.16. The van der Waals surface area contributed by atoms with Crippen LogP contribution in [0.25, 0.3) is 0 Å². The molecule has 1 saturated heterocycles. The average molecular weight is 281 g/mol. The fourth-order valence-electron chi connectivity index (χ4n) is 2.69. The van der Waals surface area contributed by atoms with Crippen LogP contribution in [0.4, 0.5) is 4.39 Å². The van der Waals surface area contributed by atoms with Crippen molar-refractivity contribution in [3.63, 3.8) is 0 Å². The predicted octanol–water partition coefficient (Wildman–Crippen LogP) is 1.63. The Morgan fingerprint density at radius 2 is 2.30 bits per heavy atom. The first-order valence-corrected chi connectivity index (χ1v) is 6.78. The normalized spacial score (nSPS) is 23.6. The summed E-state index contributed by atoms with van der Waals surface area (Å²) in [4.78, 5) is 13.7. The summed E-state index contributed by atoms with van der Waals surface area (Å²) in [6.45, 7) is 2.92. The maximum Gasteiger partial charge on any atom is 0.325 e. The number of methoxy groups -OCH3 is 1. The summed E-state index contributed by atoms with van der Waals surface area (Å²) in [6.07, 6.45) is 0.714. The molecule has 0 saturated carbocycles. The van der Waals surface area contributed by atoms with Gasteiger partial charge in [-0.2, -0.15) is 0 Å². The maximum atomic E-state index is 13.3. The maximum absolute atomic E-state index is 13.3. The second kappa shape index (κ2) is 6.33. The van der Waals surface area contributed by atoms with Crippen LogP contribution in [0.5, 0.6) is 0 Å². The summed E-state index contributed by atoms with van der Waals surface area (Å²) in [5.41, 5.74) is 1.50. The number of aliphatic hydroxyl groups is 1. The van der Waals surface area contributed by atoms with E-state index in [9.17, 15) is 14.3 Å². The molecular formula is C15H20FNO3. The van der Waals surface area contributed by atoms with E-state index in [-0.39, 0.29) is 5.82 Å². The molecule has 1 aliphatic rings. The molecule has 0 radical (unpaired) electrons. The van der Waals surface area contributed by atoms with Crippen LogP contribution < -0.4 is 0 Å². The summed E-state index contributed by atoms with van der Waals surface area (Å²) in [5.74, 6) is -0.659. The van der Waals surface area contributed by atoms with E-state index in [4.69, 9.17) is 4.74 Å². The first-order chi connectivity index (χ1) is 9.52. The number of hydrogen-bond donors (Lipinski definition) is 1. The van der Waals surface area contributed by atoms with Crippen molar-refractivity contribution >= 4 is 5.97 Å². The molecule has 1 fully saturated rings. The molecule has 1 N–H and O–H groups in total. The van der Waals surface area contributed by atoms with Gasteiger partial charge in [0, 0.05) is 6.54 Å². The second-order valence-electron chi connectivity index (χ2n) is 5.23. The van der Waals surface area contributed by atoms with Crippen molar-refractivity contribution in [3.8, 4) is 0 Å². The first-order valence-electron chi connectivity index (χ1n) is 6.78. The van der Waals surface area contributed by atoms with Gasteiger partial charge in [-0.25, -0.2) is 4.39 Å². The number of nitrogens with zero attached hydrogens (tertiary/aromatic N) is 1. The molecule has 1 aliphatic heterocycles. The highest BCUT2D eigenvalue weighted by Crippen LogP contribution is 2.22. The van der Waals surface area contributed by atoms with Gasteiger partial charge in [-0.05, 0) is 43.5 Å². The Labute approximate surface area is 118 Å². The minimum Gasteiger partial charge on any atom is -0.468 e. The fourth-order valence-corrected chi connectivity index (χ4v) is 2.69. The van der Waals surface area contributed by atoms with Gasteiger partial charge < -0.3 is 9.84 Å². The highest BCUT2D eigenvalue weighted by molar-refractivity contribution is 5.76. The van der Waals surface area contributed by atoms with Crippen molar-refractivity contribution in [1.29, 1.82) is 0 Å². The van der Waals surface area contributed by atoms with Gasteiger partial charge in [-0.3, -0.25) is 9.69 Å². The Hall–Kier alpha value is -1.46. The molecule has 20 heavy (non-hydrogen) atoms. The number of benzene rings is 1. The van der Waals surface area contributed by atoms with Gasteiger partial charge >= 0.3 is 5.97 Å². The molecule has 2 atom stereocenters. The lowest BCUT2D eigenvalue weighted by Crippen LogP contribution is -2.52. The number of aliphatic hydroxyl groups excluding tert-OH is 1. The van der Waals surface area contributed by atoms with Crippen LogP contribution in [-0.2, 0) is 16.1 Å². The second-order valence-corrected chi connectivity index (χ2v) is 5.23. The Morgan fingerprint density at radius 3 is 2.95 bits per heavy atom. The Bertz CT molecular complexity index is 492.